The first-order valence-electron chi connectivity index (χ1n) is 17.6. The number of phosphoric acid groups is 1. The maximum absolute atomic E-state index is 12.4. The molecule has 0 aliphatic heterocycles. The molecule has 0 aromatic rings. The van der Waals surface area contributed by atoms with Crippen molar-refractivity contribution in [2.75, 3.05) is 19.8 Å². The molecule has 0 bridgehead atoms. The number of unbranched alkanes of at least 4 members (excludes halogenated alkanes) is 9. The summed E-state index contributed by atoms with van der Waals surface area (Å²) in [5, 5.41) is 0. The zero-order valence-electron chi connectivity index (χ0n) is 29.0. The molecule has 264 valence electrons. The summed E-state index contributed by atoms with van der Waals surface area (Å²) in [6.45, 7) is 5.21. The number of hydrogen-bond acceptors (Lipinski definition) is 7. The van der Waals surface area contributed by atoms with Crippen LogP contribution in [0.1, 0.15) is 136 Å². The average molecular weight is 667 g/mol. The average Bonchev–Trinajstić information content (AvgIpc) is 3.03. The normalized spacial score (nSPS) is 14.3. The molecule has 0 aliphatic rings. The predicted molar refractivity (Wildman–Crippen MR) is 188 cm³/mol. The van der Waals surface area contributed by atoms with Gasteiger partial charge in [-0.3, -0.25) is 18.6 Å². The van der Waals surface area contributed by atoms with Gasteiger partial charge in [-0.1, -0.05) is 113 Å². The van der Waals surface area contributed by atoms with Crippen molar-refractivity contribution < 1.29 is 37.6 Å². The van der Waals surface area contributed by atoms with Crippen molar-refractivity contribution in [1.82, 2.24) is 0 Å². The first kappa shape index (κ1) is 43.8. The molecular weight excluding hydrogens is 603 g/mol. The van der Waals surface area contributed by atoms with E-state index >= 15 is 0 Å². The van der Waals surface area contributed by atoms with Crippen LogP contribution in [0.15, 0.2) is 60.8 Å². The summed E-state index contributed by atoms with van der Waals surface area (Å²) in [6.07, 6.45) is 37.2. The van der Waals surface area contributed by atoms with Crippen LogP contribution in [0.2, 0.25) is 0 Å². The SMILES string of the molecule is CC/C=C\C/C=C\C/C=C\C/C=C\CCC(=O)OC(COC(=O)CCCCCCC/C=C\CCCCCC)COP(=O)(O)OCC. The van der Waals surface area contributed by atoms with Crippen molar-refractivity contribution in [3.8, 4) is 0 Å². The molecule has 0 fully saturated rings. The molecule has 1 N–H and O–H groups in total. The van der Waals surface area contributed by atoms with E-state index in [0.29, 0.717) is 6.42 Å². The van der Waals surface area contributed by atoms with Crippen molar-refractivity contribution >= 4 is 19.8 Å². The van der Waals surface area contributed by atoms with E-state index in [0.717, 1.165) is 64.2 Å². The van der Waals surface area contributed by atoms with Crippen LogP contribution in [0.25, 0.3) is 0 Å². The summed E-state index contributed by atoms with van der Waals surface area (Å²) < 4.78 is 32.3. The fourth-order valence-electron chi connectivity index (χ4n) is 4.28. The van der Waals surface area contributed by atoms with E-state index in [4.69, 9.17) is 18.5 Å². The van der Waals surface area contributed by atoms with E-state index in [1.165, 1.54) is 32.1 Å². The molecule has 2 atom stereocenters. The Morgan fingerprint density at radius 1 is 0.609 bits per heavy atom. The summed E-state index contributed by atoms with van der Waals surface area (Å²) in [5.74, 6) is -0.911. The maximum atomic E-state index is 12.4. The molecule has 46 heavy (non-hydrogen) atoms. The molecule has 2 unspecified atom stereocenters. The second-order valence-electron chi connectivity index (χ2n) is 11.1. The Morgan fingerprint density at radius 3 is 1.76 bits per heavy atom. The molecule has 0 heterocycles. The molecule has 8 nitrogen and oxygen atoms in total. The Kier molecular flexibility index (Phi) is 31.1. The number of rotatable bonds is 31. The summed E-state index contributed by atoms with van der Waals surface area (Å²) in [6, 6.07) is 0. The van der Waals surface area contributed by atoms with E-state index < -0.39 is 32.5 Å². The van der Waals surface area contributed by atoms with Gasteiger partial charge in [0.15, 0.2) is 6.10 Å². The monoisotopic (exact) mass is 666 g/mol. The second kappa shape index (κ2) is 32.7. The fourth-order valence-corrected chi connectivity index (χ4v) is 5.04. The van der Waals surface area contributed by atoms with Crippen molar-refractivity contribution in [2.24, 2.45) is 0 Å². The largest absolute Gasteiger partial charge is 0.472 e. The Labute approximate surface area is 280 Å². The summed E-state index contributed by atoms with van der Waals surface area (Å²) in [5.41, 5.74) is 0. The minimum Gasteiger partial charge on any atom is -0.462 e. The second-order valence-corrected chi connectivity index (χ2v) is 12.6. The lowest BCUT2D eigenvalue weighted by Gasteiger charge is -2.19. The third-order valence-corrected chi connectivity index (χ3v) is 7.88. The van der Waals surface area contributed by atoms with E-state index in [1.807, 2.05) is 12.2 Å². The predicted octanol–water partition coefficient (Wildman–Crippen LogP) is 10.4. The van der Waals surface area contributed by atoms with Crippen LogP contribution in [-0.4, -0.2) is 42.8 Å². The fraction of sp³-hybridized carbons (Fsp3) is 0.676. The van der Waals surface area contributed by atoms with Crippen molar-refractivity contribution in [3.63, 3.8) is 0 Å². The molecule has 0 aliphatic carbocycles. The topological polar surface area (TPSA) is 108 Å². The molecule has 0 saturated carbocycles. The highest BCUT2D eigenvalue weighted by Crippen LogP contribution is 2.43. The van der Waals surface area contributed by atoms with Gasteiger partial charge in [-0.2, -0.15) is 0 Å². The van der Waals surface area contributed by atoms with Gasteiger partial charge in [0.1, 0.15) is 6.61 Å². The molecule has 9 heteroatoms. The number of esters is 2. The lowest BCUT2D eigenvalue weighted by molar-refractivity contribution is -0.161. The molecule has 0 radical (unpaired) electrons. The molecular formula is C37H63O8P. The van der Waals surface area contributed by atoms with Gasteiger partial charge in [-0.25, -0.2) is 4.57 Å². The number of hydrogen-bond donors (Lipinski definition) is 1. The number of phosphoric ester groups is 1. The van der Waals surface area contributed by atoms with Crippen LogP contribution in [0.3, 0.4) is 0 Å². The van der Waals surface area contributed by atoms with Crippen molar-refractivity contribution in [1.29, 1.82) is 0 Å². The molecule has 0 saturated heterocycles. The Balaban J connectivity index is 4.34. The number of carbonyl (C=O) groups excluding carboxylic acids is 2. The van der Waals surface area contributed by atoms with Crippen LogP contribution < -0.4 is 0 Å². The van der Waals surface area contributed by atoms with E-state index in [1.54, 1.807) is 6.92 Å². The zero-order valence-corrected chi connectivity index (χ0v) is 29.8. The standard InChI is InChI=1S/C37H63O8P/c1-4-7-9-11-13-15-17-19-21-23-25-27-29-31-36(38)42-33-35(34-44-46(40,41)43-6-3)45-37(39)32-30-28-26-24-22-20-18-16-14-12-10-8-5-2/h8,10,14-17,20,22,26,28,35H,4-7,9,11-13,18-19,21,23-25,27,29-34H2,1-3H3,(H,40,41)/b10-8-,16-14-,17-15-,22-20-,28-26-. The van der Waals surface area contributed by atoms with Crippen LogP contribution in [-0.2, 0) is 32.7 Å². The molecule has 0 rings (SSSR count). The van der Waals surface area contributed by atoms with Crippen LogP contribution in [0.5, 0.6) is 0 Å². The minimum atomic E-state index is -4.29. The number of carbonyl (C=O) groups is 2. The first-order valence-corrected chi connectivity index (χ1v) is 19.1. The Bertz CT molecular complexity index is 938. The van der Waals surface area contributed by atoms with Gasteiger partial charge in [0.2, 0.25) is 0 Å². The van der Waals surface area contributed by atoms with Crippen LogP contribution >= 0.6 is 7.82 Å². The molecule has 0 aromatic carbocycles. The van der Waals surface area contributed by atoms with Crippen molar-refractivity contribution in [3.05, 3.63) is 60.8 Å². The highest BCUT2D eigenvalue weighted by atomic mass is 31.2. The summed E-state index contributed by atoms with van der Waals surface area (Å²) >= 11 is 0. The third-order valence-electron chi connectivity index (χ3n) is 6.82. The van der Waals surface area contributed by atoms with Crippen LogP contribution in [0.4, 0.5) is 0 Å². The quantitative estimate of drug-likeness (QED) is 0.0337. The smallest absolute Gasteiger partial charge is 0.462 e. The Hall–Kier alpha value is -2.25. The lowest BCUT2D eigenvalue weighted by atomic mass is 10.1. The maximum Gasteiger partial charge on any atom is 0.472 e. The van der Waals surface area contributed by atoms with Gasteiger partial charge in [-0.15, -0.1) is 0 Å². The van der Waals surface area contributed by atoms with Crippen LogP contribution in [0, 0.1) is 0 Å². The van der Waals surface area contributed by atoms with Gasteiger partial charge < -0.3 is 14.4 Å². The van der Waals surface area contributed by atoms with Gasteiger partial charge in [0, 0.05) is 12.8 Å². The Morgan fingerprint density at radius 2 is 1.15 bits per heavy atom. The minimum absolute atomic E-state index is 0.0160. The molecule has 0 aromatic heterocycles. The van der Waals surface area contributed by atoms with Gasteiger partial charge >= 0.3 is 19.8 Å². The number of allylic oxidation sites excluding steroid dienone is 10. The lowest BCUT2D eigenvalue weighted by Crippen LogP contribution is -2.29. The van der Waals surface area contributed by atoms with Gasteiger partial charge in [0.05, 0.1) is 13.2 Å². The first-order chi connectivity index (χ1) is 22.3. The van der Waals surface area contributed by atoms with Gasteiger partial charge in [-0.05, 0) is 71.1 Å². The van der Waals surface area contributed by atoms with E-state index in [-0.39, 0.29) is 26.1 Å². The van der Waals surface area contributed by atoms with Crippen molar-refractivity contribution in [2.45, 2.75) is 142 Å². The van der Waals surface area contributed by atoms with E-state index in [2.05, 4.69) is 62.5 Å². The van der Waals surface area contributed by atoms with E-state index in [9.17, 15) is 19.0 Å². The van der Waals surface area contributed by atoms with Gasteiger partial charge in [0.25, 0.3) is 0 Å². The zero-order chi connectivity index (χ0) is 34.0. The summed E-state index contributed by atoms with van der Waals surface area (Å²) in [4.78, 5) is 34.4. The molecule has 0 spiro atoms. The number of ether oxygens (including phenoxy) is 2. The highest BCUT2D eigenvalue weighted by Gasteiger charge is 2.25. The molecule has 0 amide bonds. The highest BCUT2D eigenvalue weighted by molar-refractivity contribution is 7.47. The third kappa shape index (κ3) is 31.7. The summed E-state index contributed by atoms with van der Waals surface area (Å²) in [7, 11) is -4.29.